The van der Waals surface area contributed by atoms with E-state index in [0.29, 0.717) is 5.75 Å². The Morgan fingerprint density at radius 3 is 2.19 bits per heavy atom. The SMILES string of the molecule is COc1ccc(N(C(C)c2ccccc2F)S(=O)(=O)c2ccc(F)c(Cl)c2)cc1OC. The van der Waals surface area contributed by atoms with E-state index in [1.807, 2.05) is 0 Å². The first-order chi connectivity index (χ1) is 14.7. The molecule has 1 atom stereocenters. The molecule has 0 radical (unpaired) electrons. The van der Waals surface area contributed by atoms with Crippen LogP contribution >= 0.6 is 11.6 Å². The molecule has 5 nitrogen and oxygen atoms in total. The monoisotopic (exact) mass is 467 g/mol. The Balaban J connectivity index is 2.24. The van der Waals surface area contributed by atoms with E-state index in [1.165, 1.54) is 44.6 Å². The Kier molecular flexibility index (Phi) is 6.71. The summed E-state index contributed by atoms with van der Waals surface area (Å²) in [5, 5.41) is -0.341. The molecule has 9 heteroatoms. The lowest BCUT2D eigenvalue weighted by Crippen LogP contribution is -2.34. The van der Waals surface area contributed by atoms with Crippen LogP contribution in [0.25, 0.3) is 0 Å². The van der Waals surface area contributed by atoms with Crippen LogP contribution in [0.3, 0.4) is 0 Å². The number of rotatable bonds is 7. The van der Waals surface area contributed by atoms with E-state index in [4.69, 9.17) is 21.1 Å². The Labute approximate surface area is 184 Å². The number of hydrogen-bond acceptors (Lipinski definition) is 4. The molecule has 0 aromatic heterocycles. The number of nitrogens with zero attached hydrogens (tertiary/aromatic N) is 1. The van der Waals surface area contributed by atoms with Crippen molar-refractivity contribution in [3.05, 3.63) is 82.9 Å². The van der Waals surface area contributed by atoms with Gasteiger partial charge in [0.15, 0.2) is 11.5 Å². The Hall–Kier alpha value is -2.84. The first kappa shape index (κ1) is 22.8. The summed E-state index contributed by atoms with van der Waals surface area (Å²) in [6.07, 6.45) is 0. The van der Waals surface area contributed by atoms with E-state index in [-0.39, 0.29) is 26.9 Å². The number of hydrogen-bond donors (Lipinski definition) is 0. The van der Waals surface area contributed by atoms with Crippen molar-refractivity contribution in [3.8, 4) is 11.5 Å². The fourth-order valence-electron chi connectivity index (χ4n) is 3.22. The summed E-state index contributed by atoms with van der Waals surface area (Å²) in [6.45, 7) is 1.55. The number of methoxy groups -OCH3 is 2. The van der Waals surface area contributed by atoms with Crippen molar-refractivity contribution in [3.63, 3.8) is 0 Å². The minimum atomic E-state index is -4.28. The van der Waals surface area contributed by atoms with Gasteiger partial charge >= 0.3 is 0 Å². The molecule has 3 aromatic rings. The first-order valence-electron chi connectivity index (χ1n) is 9.16. The lowest BCUT2D eigenvalue weighted by molar-refractivity contribution is 0.355. The summed E-state index contributed by atoms with van der Waals surface area (Å²) in [5.74, 6) is -0.627. The molecule has 164 valence electrons. The zero-order valence-electron chi connectivity index (χ0n) is 17.0. The number of ether oxygens (including phenoxy) is 2. The molecule has 0 aliphatic heterocycles. The van der Waals surface area contributed by atoms with Crippen LogP contribution in [0.5, 0.6) is 11.5 Å². The van der Waals surface area contributed by atoms with E-state index < -0.39 is 27.7 Å². The maximum absolute atomic E-state index is 14.6. The van der Waals surface area contributed by atoms with Gasteiger partial charge in [0, 0.05) is 11.6 Å². The second kappa shape index (κ2) is 9.11. The number of benzene rings is 3. The third-order valence-electron chi connectivity index (χ3n) is 4.78. The van der Waals surface area contributed by atoms with E-state index in [9.17, 15) is 17.2 Å². The predicted molar refractivity (Wildman–Crippen MR) is 115 cm³/mol. The smallest absolute Gasteiger partial charge is 0.264 e. The molecule has 0 aliphatic rings. The summed E-state index contributed by atoms with van der Waals surface area (Å²) in [5.41, 5.74) is 0.364. The summed E-state index contributed by atoms with van der Waals surface area (Å²) >= 11 is 5.83. The molecular weight excluding hydrogens is 448 g/mol. The van der Waals surface area contributed by atoms with Gasteiger partial charge in [-0.3, -0.25) is 4.31 Å². The average molecular weight is 468 g/mol. The maximum atomic E-state index is 14.6. The van der Waals surface area contributed by atoms with Crippen molar-refractivity contribution in [1.29, 1.82) is 0 Å². The molecule has 3 aromatic carbocycles. The third kappa shape index (κ3) is 4.45. The van der Waals surface area contributed by atoms with Crippen molar-refractivity contribution >= 4 is 27.3 Å². The molecule has 0 saturated heterocycles. The molecule has 31 heavy (non-hydrogen) atoms. The van der Waals surface area contributed by atoms with Gasteiger partial charge in [-0.05, 0) is 43.3 Å². The van der Waals surface area contributed by atoms with E-state index in [0.717, 1.165) is 22.5 Å². The highest BCUT2D eigenvalue weighted by Crippen LogP contribution is 2.39. The van der Waals surface area contributed by atoms with Gasteiger partial charge in [0.2, 0.25) is 0 Å². The number of anilines is 1. The molecular formula is C22H20ClF2NO4S. The highest BCUT2D eigenvalue weighted by Gasteiger charge is 2.32. The Morgan fingerprint density at radius 2 is 1.58 bits per heavy atom. The molecule has 3 rings (SSSR count). The minimum Gasteiger partial charge on any atom is -0.493 e. The molecule has 0 saturated carbocycles. The fourth-order valence-corrected chi connectivity index (χ4v) is 5.12. The van der Waals surface area contributed by atoms with E-state index in [1.54, 1.807) is 19.1 Å². The minimum absolute atomic E-state index is 0.161. The Morgan fingerprint density at radius 1 is 0.903 bits per heavy atom. The summed E-state index contributed by atoms with van der Waals surface area (Å²) in [7, 11) is -1.41. The van der Waals surface area contributed by atoms with Crippen LogP contribution in [0.4, 0.5) is 14.5 Å². The lowest BCUT2D eigenvalue weighted by Gasteiger charge is -2.31. The Bertz CT molecular complexity index is 1200. The van der Waals surface area contributed by atoms with Crippen LogP contribution in [-0.2, 0) is 10.0 Å². The largest absolute Gasteiger partial charge is 0.493 e. The van der Waals surface area contributed by atoms with Crippen LogP contribution in [0.1, 0.15) is 18.5 Å². The van der Waals surface area contributed by atoms with E-state index in [2.05, 4.69) is 0 Å². The summed E-state index contributed by atoms with van der Waals surface area (Å²) < 4.78 is 67.0. The van der Waals surface area contributed by atoms with Crippen LogP contribution in [0.2, 0.25) is 5.02 Å². The van der Waals surface area contributed by atoms with Crippen molar-refractivity contribution < 1.29 is 26.7 Å². The fraction of sp³-hybridized carbons (Fsp3) is 0.182. The molecule has 1 unspecified atom stereocenters. The standard InChI is InChI=1S/C22H20ClF2NO4S/c1-14(17-6-4-5-7-19(17)24)26(15-8-11-21(29-2)22(12-15)30-3)31(27,28)16-9-10-20(25)18(23)13-16/h4-14H,1-3H3. The van der Waals surface area contributed by atoms with E-state index >= 15 is 0 Å². The summed E-state index contributed by atoms with van der Waals surface area (Å²) in [4.78, 5) is -0.239. The van der Waals surface area contributed by atoms with Crippen LogP contribution in [-0.4, -0.2) is 22.6 Å². The van der Waals surface area contributed by atoms with Gasteiger partial charge in [0.05, 0.1) is 35.9 Å². The number of halogens is 3. The van der Waals surface area contributed by atoms with Gasteiger partial charge in [0.25, 0.3) is 10.0 Å². The first-order valence-corrected chi connectivity index (χ1v) is 11.0. The average Bonchev–Trinajstić information content (AvgIpc) is 2.75. The molecule has 0 fully saturated rings. The quantitative estimate of drug-likeness (QED) is 0.454. The normalized spacial score (nSPS) is 12.3. The van der Waals surface area contributed by atoms with Gasteiger partial charge < -0.3 is 9.47 Å². The second-order valence-corrected chi connectivity index (χ2v) is 8.84. The predicted octanol–water partition coefficient (Wildman–Crippen LogP) is 5.59. The van der Waals surface area contributed by atoms with Gasteiger partial charge in [-0.1, -0.05) is 29.8 Å². The zero-order chi connectivity index (χ0) is 22.8. The molecule has 0 spiro atoms. The van der Waals surface area contributed by atoms with Crippen molar-refractivity contribution in [2.75, 3.05) is 18.5 Å². The molecule has 0 aliphatic carbocycles. The molecule has 0 heterocycles. The van der Waals surface area contributed by atoms with Crippen molar-refractivity contribution in [2.45, 2.75) is 17.9 Å². The molecule has 0 amide bonds. The second-order valence-electron chi connectivity index (χ2n) is 6.61. The maximum Gasteiger partial charge on any atom is 0.264 e. The zero-order valence-corrected chi connectivity index (χ0v) is 18.5. The third-order valence-corrected chi connectivity index (χ3v) is 6.96. The van der Waals surface area contributed by atoms with Crippen molar-refractivity contribution in [1.82, 2.24) is 0 Å². The summed E-state index contributed by atoms with van der Waals surface area (Å²) in [6, 6.07) is 12.6. The van der Waals surface area contributed by atoms with Crippen molar-refractivity contribution in [2.24, 2.45) is 0 Å². The topological polar surface area (TPSA) is 55.8 Å². The highest BCUT2D eigenvalue weighted by atomic mass is 35.5. The van der Waals surface area contributed by atoms with Gasteiger partial charge in [-0.2, -0.15) is 0 Å². The van der Waals surface area contributed by atoms with Gasteiger partial charge in [0.1, 0.15) is 11.6 Å². The van der Waals surface area contributed by atoms with Crippen LogP contribution in [0, 0.1) is 11.6 Å². The van der Waals surface area contributed by atoms with Crippen LogP contribution < -0.4 is 13.8 Å². The molecule has 0 N–H and O–H groups in total. The van der Waals surface area contributed by atoms with Gasteiger partial charge in [-0.25, -0.2) is 17.2 Å². The van der Waals surface area contributed by atoms with Crippen LogP contribution in [0.15, 0.2) is 65.6 Å². The highest BCUT2D eigenvalue weighted by molar-refractivity contribution is 7.92. The molecule has 0 bridgehead atoms. The lowest BCUT2D eigenvalue weighted by atomic mass is 10.1. The van der Waals surface area contributed by atoms with Gasteiger partial charge in [-0.15, -0.1) is 0 Å². The number of sulfonamides is 1.